The molecule has 2 aliphatic rings. The van der Waals surface area contributed by atoms with E-state index in [4.69, 9.17) is 0 Å². The molecule has 2 aliphatic heterocycles. The SMILES string of the molecule is O=C(c1ccc2nccnc2c1)N1C2CCC1CC(Br)C2. The number of fused-ring (bicyclic) bond motifs is 3. The first-order valence-corrected chi connectivity index (χ1v) is 8.31. The van der Waals surface area contributed by atoms with Crippen molar-refractivity contribution in [2.75, 3.05) is 0 Å². The molecular formula is C16H16BrN3O. The van der Waals surface area contributed by atoms with Crippen molar-refractivity contribution in [2.45, 2.75) is 42.6 Å². The maximum atomic E-state index is 12.9. The van der Waals surface area contributed by atoms with Crippen LogP contribution in [0.5, 0.6) is 0 Å². The molecule has 21 heavy (non-hydrogen) atoms. The summed E-state index contributed by atoms with van der Waals surface area (Å²) in [6, 6.07) is 6.40. The highest BCUT2D eigenvalue weighted by molar-refractivity contribution is 9.09. The number of nitrogens with zero attached hydrogens (tertiary/aromatic N) is 3. The molecule has 0 aliphatic carbocycles. The fourth-order valence-electron chi connectivity index (χ4n) is 3.69. The van der Waals surface area contributed by atoms with Crippen LogP contribution in [0.3, 0.4) is 0 Å². The summed E-state index contributed by atoms with van der Waals surface area (Å²) in [7, 11) is 0. The standard InChI is InChI=1S/C16H16BrN3O/c17-11-8-12-2-3-13(9-11)20(12)16(21)10-1-4-14-15(7-10)19-6-5-18-14/h1,4-7,11-13H,2-3,8-9H2. The van der Waals surface area contributed by atoms with E-state index in [9.17, 15) is 4.79 Å². The van der Waals surface area contributed by atoms with Crippen LogP contribution in [0.1, 0.15) is 36.0 Å². The van der Waals surface area contributed by atoms with Gasteiger partial charge in [0.1, 0.15) is 0 Å². The van der Waals surface area contributed by atoms with Gasteiger partial charge in [-0.2, -0.15) is 0 Å². The fraction of sp³-hybridized carbons (Fsp3) is 0.438. The van der Waals surface area contributed by atoms with Crippen LogP contribution in [0.25, 0.3) is 11.0 Å². The Morgan fingerprint density at radius 1 is 1.10 bits per heavy atom. The van der Waals surface area contributed by atoms with Crippen molar-refractivity contribution in [3.63, 3.8) is 0 Å². The van der Waals surface area contributed by atoms with Crippen molar-refractivity contribution in [1.82, 2.24) is 14.9 Å². The summed E-state index contributed by atoms with van der Waals surface area (Å²) < 4.78 is 0. The summed E-state index contributed by atoms with van der Waals surface area (Å²) in [6.45, 7) is 0. The third-order valence-electron chi connectivity index (χ3n) is 4.63. The Labute approximate surface area is 131 Å². The van der Waals surface area contributed by atoms with Gasteiger partial charge in [0.2, 0.25) is 0 Å². The monoisotopic (exact) mass is 345 g/mol. The fourth-order valence-corrected chi connectivity index (χ4v) is 4.55. The van der Waals surface area contributed by atoms with Crippen LogP contribution < -0.4 is 0 Å². The van der Waals surface area contributed by atoms with Crippen molar-refractivity contribution in [2.24, 2.45) is 0 Å². The zero-order valence-corrected chi connectivity index (χ0v) is 13.2. The second-order valence-corrected chi connectivity index (χ2v) is 7.22. The highest BCUT2D eigenvalue weighted by Gasteiger charge is 2.42. The molecule has 1 amide bonds. The van der Waals surface area contributed by atoms with Crippen LogP contribution in [-0.2, 0) is 0 Å². The largest absolute Gasteiger partial charge is 0.333 e. The van der Waals surface area contributed by atoms with Gasteiger partial charge in [0.05, 0.1) is 11.0 Å². The minimum Gasteiger partial charge on any atom is -0.333 e. The van der Waals surface area contributed by atoms with Gasteiger partial charge in [-0.3, -0.25) is 14.8 Å². The van der Waals surface area contributed by atoms with E-state index in [0.717, 1.165) is 42.3 Å². The summed E-state index contributed by atoms with van der Waals surface area (Å²) in [5, 5.41) is 0. The predicted octanol–water partition coefficient (Wildman–Crippen LogP) is 3.16. The first-order valence-electron chi connectivity index (χ1n) is 7.40. The van der Waals surface area contributed by atoms with Crippen molar-refractivity contribution < 1.29 is 4.79 Å². The van der Waals surface area contributed by atoms with E-state index < -0.39 is 0 Å². The maximum Gasteiger partial charge on any atom is 0.254 e. The molecule has 2 saturated heterocycles. The summed E-state index contributed by atoms with van der Waals surface area (Å²) in [5.41, 5.74) is 2.34. The van der Waals surface area contributed by atoms with E-state index in [1.165, 1.54) is 0 Å². The Hall–Kier alpha value is -1.49. The lowest BCUT2D eigenvalue weighted by Crippen LogP contribution is -2.46. The summed E-state index contributed by atoms with van der Waals surface area (Å²) in [6.07, 6.45) is 7.73. The molecule has 2 aromatic rings. The number of benzene rings is 1. The van der Waals surface area contributed by atoms with Crippen LogP contribution in [0.15, 0.2) is 30.6 Å². The van der Waals surface area contributed by atoms with Gasteiger partial charge in [-0.05, 0) is 43.9 Å². The Morgan fingerprint density at radius 2 is 1.76 bits per heavy atom. The van der Waals surface area contributed by atoms with Gasteiger partial charge in [0.25, 0.3) is 5.91 Å². The van der Waals surface area contributed by atoms with E-state index in [1.54, 1.807) is 12.4 Å². The molecule has 3 heterocycles. The van der Waals surface area contributed by atoms with E-state index in [2.05, 4.69) is 30.8 Å². The number of rotatable bonds is 1. The van der Waals surface area contributed by atoms with Gasteiger partial charge in [0, 0.05) is 34.9 Å². The zero-order chi connectivity index (χ0) is 14.4. The molecule has 4 nitrogen and oxygen atoms in total. The molecule has 4 rings (SSSR count). The first-order chi connectivity index (χ1) is 10.2. The molecular weight excluding hydrogens is 330 g/mol. The minimum atomic E-state index is 0.148. The van der Waals surface area contributed by atoms with Crippen molar-refractivity contribution in [3.05, 3.63) is 36.2 Å². The molecule has 2 unspecified atom stereocenters. The van der Waals surface area contributed by atoms with Crippen LogP contribution in [0, 0.1) is 0 Å². The predicted molar refractivity (Wildman–Crippen MR) is 84.5 cm³/mol. The van der Waals surface area contributed by atoms with Crippen LogP contribution in [-0.4, -0.2) is 37.7 Å². The number of carbonyl (C=O) groups excluding carboxylic acids is 1. The molecule has 0 radical (unpaired) electrons. The average Bonchev–Trinajstić information content (AvgIpc) is 2.78. The minimum absolute atomic E-state index is 0.148. The van der Waals surface area contributed by atoms with Gasteiger partial charge >= 0.3 is 0 Å². The highest BCUT2D eigenvalue weighted by atomic mass is 79.9. The molecule has 2 bridgehead atoms. The Morgan fingerprint density at radius 3 is 2.48 bits per heavy atom. The number of hydrogen-bond donors (Lipinski definition) is 0. The number of alkyl halides is 1. The Balaban J connectivity index is 1.67. The summed E-state index contributed by atoms with van der Waals surface area (Å²) >= 11 is 3.72. The second kappa shape index (κ2) is 5.05. The lowest BCUT2D eigenvalue weighted by Gasteiger charge is -2.37. The number of carbonyl (C=O) groups is 1. The van der Waals surface area contributed by atoms with E-state index in [1.807, 2.05) is 18.2 Å². The van der Waals surface area contributed by atoms with Crippen LogP contribution in [0.2, 0.25) is 0 Å². The van der Waals surface area contributed by atoms with Crippen molar-refractivity contribution in [1.29, 1.82) is 0 Å². The van der Waals surface area contributed by atoms with E-state index >= 15 is 0 Å². The molecule has 2 atom stereocenters. The van der Waals surface area contributed by atoms with Gasteiger partial charge in [-0.25, -0.2) is 0 Å². The normalized spacial score (nSPS) is 28.0. The summed E-state index contributed by atoms with van der Waals surface area (Å²) in [5.74, 6) is 0.148. The number of aromatic nitrogens is 2. The molecule has 1 aromatic carbocycles. The van der Waals surface area contributed by atoms with Gasteiger partial charge in [-0.15, -0.1) is 0 Å². The molecule has 2 fully saturated rings. The zero-order valence-electron chi connectivity index (χ0n) is 11.6. The van der Waals surface area contributed by atoms with Gasteiger partial charge < -0.3 is 4.90 Å². The smallest absolute Gasteiger partial charge is 0.254 e. The first kappa shape index (κ1) is 13.2. The lowest BCUT2D eigenvalue weighted by molar-refractivity contribution is 0.0603. The van der Waals surface area contributed by atoms with Gasteiger partial charge in [-0.1, -0.05) is 15.9 Å². The second-order valence-electron chi connectivity index (χ2n) is 5.93. The van der Waals surface area contributed by atoms with Crippen molar-refractivity contribution in [3.8, 4) is 0 Å². The molecule has 0 N–H and O–H groups in total. The topological polar surface area (TPSA) is 46.1 Å². The van der Waals surface area contributed by atoms with Gasteiger partial charge in [0.15, 0.2) is 0 Å². The Kier molecular flexibility index (Phi) is 3.17. The molecule has 108 valence electrons. The highest BCUT2D eigenvalue weighted by Crippen LogP contribution is 2.39. The van der Waals surface area contributed by atoms with E-state index in [0.29, 0.717) is 16.9 Å². The molecule has 1 aromatic heterocycles. The summed E-state index contributed by atoms with van der Waals surface area (Å²) in [4.78, 5) is 24.1. The number of amides is 1. The van der Waals surface area contributed by atoms with E-state index in [-0.39, 0.29) is 5.91 Å². The van der Waals surface area contributed by atoms with Crippen LogP contribution in [0.4, 0.5) is 0 Å². The average molecular weight is 346 g/mol. The maximum absolute atomic E-state index is 12.9. The quantitative estimate of drug-likeness (QED) is 0.745. The molecule has 5 heteroatoms. The molecule has 0 saturated carbocycles. The third kappa shape index (κ3) is 2.24. The number of halogens is 1. The lowest BCUT2D eigenvalue weighted by atomic mass is 10.0. The number of hydrogen-bond acceptors (Lipinski definition) is 3. The molecule has 0 spiro atoms. The Bertz CT molecular complexity index is 691. The number of piperidine rings is 1. The van der Waals surface area contributed by atoms with Crippen molar-refractivity contribution >= 4 is 32.9 Å². The third-order valence-corrected chi connectivity index (χ3v) is 5.37. The van der Waals surface area contributed by atoms with Crippen LogP contribution >= 0.6 is 15.9 Å².